The summed E-state index contributed by atoms with van der Waals surface area (Å²) in [6.07, 6.45) is 6.87. The fourth-order valence-corrected chi connectivity index (χ4v) is 4.37. The van der Waals surface area contributed by atoms with E-state index in [1.54, 1.807) is 49.6 Å². The summed E-state index contributed by atoms with van der Waals surface area (Å²) in [4.78, 5) is 17.8. The smallest absolute Gasteiger partial charge is 0.291 e. The fourth-order valence-electron chi connectivity index (χ4n) is 3.47. The number of halogens is 1. The number of nitrogens with zero attached hydrogens (tertiary/aromatic N) is 3. The Morgan fingerprint density at radius 2 is 1.94 bits per heavy atom. The molecule has 0 aliphatic rings. The van der Waals surface area contributed by atoms with E-state index < -0.39 is 0 Å². The third-order valence-electron chi connectivity index (χ3n) is 5.20. The molecule has 5 rings (SSSR count). The zero-order valence-corrected chi connectivity index (χ0v) is 20.0. The maximum absolute atomic E-state index is 13.2. The number of aromatic nitrogens is 3. The molecule has 36 heavy (non-hydrogen) atoms. The summed E-state index contributed by atoms with van der Waals surface area (Å²) < 4.78 is 31.6. The van der Waals surface area contributed by atoms with Crippen molar-refractivity contribution in [1.29, 1.82) is 0 Å². The van der Waals surface area contributed by atoms with Crippen LogP contribution in [0.4, 0.5) is 4.39 Å². The Morgan fingerprint density at radius 1 is 1.11 bits per heavy atom. The van der Waals surface area contributed by atoms with Gasteiger partial charge in [-0.3, -0.25) is 4.79 Å². The highest BCUT2D eigenvalue weighted by Crippen LogP contribution is 2.29. The molecule has 180 valence electrons. The average Bonchev–Trinajstić information content (AvgIpc) is 3.59. The lowest BCUT2D eigenvalue weighted by atomic mass is 10.2. The predicted molar refractivity (Wildman–Crippen MR) is 138 cm³/mol. The van der Waals surface area contributed by atoms with Gasteiger partial charge in [-0.15, -0.1) is 5.10 Å². The third-order valence-corrected chi connectivity index (χ3v) is 6.16. The second-order valence-electron chi connectivity index (χ2n) is 7.63. The van der Waals surface area contributed by atoms with Gasteiger partial charge in [0.1, 0.15) is 28.5 Å². The summed E-state index contributed by atoms with van der Waals surface area (Å²) in [6, 6.07) is 15.1. The van der Waals surface area contributed by atoms with Crippen molar-refractivity contribution >= 4 is 34.5 Å². The Bertz CT molecular complexity index is 1680. The van der Waals surface area contributed by atoms with E-state index >= 15 is 0 Å². The number of methoxy groups -OCH3 is 1. The van der Waals surface area contributed by atoms with Gasteiger partial charge < -0.3 is 13.9 Å². The highest BCUT2D eigenvalue weighted by Gasteiger charge is 2.11. The number of furan rings is 1. The SMILES string of the molecule is C=CCOc1ccc(/C=C/c2nc3s/c(=C\c4ccc(-c5ccc(F)cc5)o4)c(=O)n3n2)cc1OC. The molecule has 0 atom stereocenters. The number of ether oxygens (including phenoxy) is 2. The molecule has 7 nitrogen and oxygen atoms in total. The van der Waals surface area contributed by atoms with Crippen LogP contribution >= 0.6 is 11.3 Å². The van der Waals surface area contributed by atoms with Gasteiger partial charge in [-0.1, -0.05) is 36.1 Å². The Morgan fingerprint density at radius 3 is 2.69 bits per heavy atom. The van der Waals surface area contributed by atoms with E-state index in [4.69, 9.17) is 13.9 Å². The molecule has 2 aromatic carbocycles. The van der Waals surface area contributed by atoms with Crippen LogP contribution in [-0.4, -0.2) is 28.3 Å². The van der Waals surface area contributed by atoms with E-state index in [-0.39, 0.29) is 11.4 Å². The van der Waals surface area contributed by atoms with Crippen LogP contribution in [0.3, 0.4) is 0 Å². The van der Waals surface area contributed by atoms with Gasteiger partial charge in [0.05, 0.1) is 7.11 Å². The molecule has 0 unspecified atom stereocenters. The fraction of sp³-hybridized carbons (Fsp3) is 0.0741. The Kier molecular flexibility index (Phi) is 6.46. The van der Waals surface area contributed by atoms with Crippen molar-refractivity contribution in [3.63, 3.8) is 0 Å². The Balaban J connectivity index is 1.37. The van der Waals surface area contributed by atoms with Crippen molar-refractivity contribution in [1.82, 2.24) is 14.6 Å². The first-order valence-electron chi connectivity index (χ1n) is 10.9. The average molecular weight is 502 g/mol. The molecule has 0 bridgehead atoms. The molecule has 3 aromatic heterocycles. The molecular weight excluding hydrogens is 481 g/mol. The standard InChI is InChI=1S/C27H20FN3O4S/c1-3-14-34-22-11-4-17(15-23(22)33-2)5-13-25-29-27-31(30-25)26(32)24(36-27)16-20-10-12-21(35-20)18-6-8-19(28)9-7-18/h3-13,15-16H,1,14H2,2H3/b13-5+,24-16-. The maximum atomic E-state index is 13.2. The minimum Gasteiger partial charge on any atom is -0.493 e. The van der Waals surface area contributed by atoms with E-state index in [0.717, 1.165) is 11.1 Å². The highest BCUT2D eigenvalue weighted by molar-refractivity contribution is 7.15. The molecule has 3 heterocycles. The monoisotopic (exact) mass is 501 g/mol. The van der Waals surface area contributed by atoms with Crippen molar-refractivity contribution in [3.8, 4) is 22.8 Å². The molecule has 0 aliphatic heterocycles. The first-order chi connectivity index (χ1) is 17.5. The lowest BCUT2D eigenvalue weighted by Gasteiger charge is -2.09. The zero-order valence-electron chi connectivity index (χ0n) is 19.2. The molecule has 0 saturated heterocycles. The van der Waals surface area contributed by atoms with Gasteiger partial charge in [0.25, 0.3) is 5.56 Å². The first-order valence-corrected chi connectivity index (χ1v) is 11.7. The molecular formula is C27H20FN3O4S. The normalized spacial score (nSPS) is 12.0. The summed E-state index contributed by atoms with van der Waals surface area (Å²) in [5.41, 5.74) is 1.32. The Hall–Kier alpha value is -4.50. The van der Waals surface area contributed by atoms with Crippen molar-refractivity contribution < 1.29 is 18.3 Å². The summed E-state index contributed by atoms with van der Waals surface area (Å²) in [6.45, 7) is 4.02. The summed E-state index contributed by atoms with van der Waals surface area (Å²) in [5, 5.41) is 4.31. The molecule has 0 radical (unpaired) electrons. The second kappa shape index (κ2) is 10.0. The molecule has 0 amide bonds. The minimum atomic E-state index is -0.316. The van der Waals surface area contributed by atoms with Gasteiger partial charge in [-0.2, -0.15) is 9.50 Å². The largest absolute Gasteiger partial charge is 0.493 e. The van der Waals surface area contributed by atoms with Crippen LogP contribution in [0.15, 0.2) is 76.5 Å². The summed E-state index contributed by atoms with van der Waals surface area (Å²) in [5.74, 6) is 2.40. The molecule has 0 N–H and O–H groups in total. The van der Waals surface area contributed by atoms with Crippen LogP contribution in [0.1, 0.15) is 17.1 Å². The third kappa shape index (κ3) is 4.82. The van der Waals surface area contributed by atoms with Crippen LogP contribution < -0.4 is 19.6 Å². The van der Waals surface area contributed by atoms with E-state index in [0.29, 0.717) is 44.9 Å². The van der Waals surface area contributed by atoms with Gasteiger partial charge in [-0.05, 0) is 60.2 Å². The van der Waals surface area contributed by atoms with E-state index in [9.17, 15) is 9.18 Å². The van der Waals surface area contributed by atoms with Crippen LogP contribution in [-0.2, 0) is 0 Å². The lowest BCUT2D eigenvalue weighted by molar-refractivity contribution is 0.326. The minimum absolute atomic E-state index is 0.285. The topological polar surface area (TPSA) is 78.9 Å². The first kappa shape index (κ1) is 23.3. The van der Waals surface area contributed by atoms with Crippen molar-refractivity contribution in [3.05, 3.63) is 105 Å². The molecule has 5 aromatic rings. The highest BCUT2D eigenvalue weighted by atomic mass is 32.1. The van der Waals surface area contributed by atoms with Gasteiger partial charge in [0.2, 0.25) is 4.96 Å². The van der Waals surface area contributed by atoms with Gasteiger partial charge in [-0.25, -0.2) is 4.39 Å². The summed E-state index contributed by atoms with van der Waals surface area (Å²) in [7, 11) is 1.57. The number of hydrogen-bond donors (Lipinski definition) is 0. The number of hydrogen-bond acceptors (Lipinski definition) is 7. The van der Waals surface area contributed by atoms with Crippen LogP contribution in [0.2, 0.25) is 0 Å². The van der Waals surface area contributed by atoms with Crippen molar-refractivity contribution in [2.45, 2.75) is 0 Å². The van der Waals surface area contributed by atoms with Crippen LogP contribution in [0.25, 0.3) is 34.5 Å². The van der Waals surface area contributed by atoms with Crippen LogP contribution in [0, 0.1) is 5.82 Å². The zero-order chi connectivity index (χ0) is 25.1. The summed E-state index contributed by atoms with van der Waals surface area (Å²) >= 11 is 1.22. The molecule has 0 spiro atoms. The van der Waals surface area contributed by atoms with E-state index in [2.05, 4.69) is 16.7 Å². The number of benzene rings is 2. The van der Waals surface area contributed by atoms with E-state index in [1.165, 1.54) is 28.0 Å². The van der Waals surface area contributed by atoms with Crippen LogP contribution in [0.5, 0.6) is 11.5 Å². The number of rotatable bonds is 8. The molecule has 0 aliphatic carbocycles. The maximum Gasteiger partial charge on any atom is 0.291 e. The molecule has 9 heteroatoms. The van der Waals surface area contributed by atoms with Gasteiger partial charge in [0, 0.05) is 11.6 Å². The second-order valence-corrected chi connectivity index (χ2v) is 8.64. The van der Waals surface area contributed by atoms with E-state index in [1.807, 2.05) is 24.3 Å². The van der Waals surface area contributed by atoms with Gasteiger partial charge >= 0.3 is 0 Å². The Labute approximate surface area is 209 Å². The molecule has 0 fully saturated rings. The number of thiazole rings is 1. The van der Waals surface area contributed by atoms with Crippen molar-refractivity contribution in [2.75, 3.05) is 13.7 Å². The lowest BCUT2D eigenvalue weighted by Crippen LogP contribution is -2.23. The predicted octanol–water partition coefficient (Wildman–Crippen LogP) is 4.84. The van der Waals surface area contributed by atoms with Crippen molar-refractivity contribution in [2.24, 2.45) is 0 Å². The molecule has 0 saturated carbocycles. The number of fused-ring (bicyclic) bond motifs is 1. The quantitative estimate of drug-likeness (QED) is 0.283. The van der Waals surface area contributed by atoms with Gasteiger partial charge in [0.15, 0.2) is 17.3 Å².